The van der Waals surface area contributed by atoms with Gasteiger partial charge in [0.2, 0.25) is 0 Å². The fourth-order valence-electron chi connectivity index (χ4n) is 3.67. The predicted molar refractivity (Wildman–Crippen MR) is 121 cm³/mol. The van der Waals surface area contributed by atoms with E-state index in [9.17, 15) is 9.90 Å². The Morgan fingerprint density at radius 2 is 1.61 bits per heavy atom. The Morgan fingerprint density at radius 1 is 0.903 bits per heavy atom. The highest BCUT2D eigenvalue weighted by molar-refractivity contribution is 6.12. The zero-order valence-electron chi connectivity index (χ0n) is 16.9. The molecule has 5 rings (SSSR count). The van der Waals surface area contributed by atoms with Crippen LogP contribution in [-0.2, 0) is 0 Å². The molecule has 0 fully saturated rings. The van der Waals surface area contributed by atoms with Crippen molar-refractivity contribution in [2.45, 2.75) is 6.92 Å². The zero-order chi connectivity index (χ0) is 21.4. The summed E-state index contributed by atoms with van der Waals surface area (Å²) in [5.74, 6) is -0.318. The number of carbonyl (C=O) groups excluding carboxylic acids is 1. The van der Waals surface area contributed by atoms with Crippen LogP contribution < -0.4 is 0 Å². The lowest BCUT2D eigenvalue weighted by Crippen LogP contribution is -2.04. The summed E-state index contributed by atoms with van der Waals surface area (Å²) in [5.41, 5.74) is 4.79. The van der Waals surface area contributed by atoms with Crippen LogP contribution in [-0.4, -0.2) is 25.7 Å². The standard InChI is InChI=1S/C26H19N3O2/c1-17-12-13-23(30)21(14-17)25(31)19-15-22-24(18-8-4-2-5-9-18)28-29(26(22)27-16-19)20-10-6-3-7-11-20/h2-16,30H,1H3. The van der Waals surface area contributed by atoms with Crippen LogP contribution in [0.15, 0.2) is 91.1 Å². The van der Waals surface area contributed by atoms with Crippen LogP contribution in [0.2, 0.25) is 0 Å². The number of para-hydroxylation sites is 1. The number of phenols is 1. The van der Waals surface area contributed by atoms with Gasteiger partial charge < -0.3 is 5.11 Å². The lowest BCUT2D eigenvalue weighted by molar-refractivity contribution is 0.103. The van der Waals surface area contributed by atoms with Gasteiger partial charge in [-0.05, 0) is 37.3 Å². The van der Waals surface area contributed by atoms with Gasteiger partial charge in [0.1, 0.15) is 11.4 Å². The van der Waals surface area contributed by atoms with Gasteiger partial charge in [-0.1, -0.05) is 60.2 Å². The van der Waals surface area contributed by atoms with Crippen LogP contribution in [0.5, 0.6) is 5.75 Å². The topological polar surface area (TPSA) is 68.0 Å². The van der Waals surface area contributed by atoms with Crippen LogP contribution in [0.3, 0.4) is 0 Å². The molecule has 5 nitrogen and oxygen atoms in total. The fourth-order valence-corrected chi connectivity index (χ4v) is 3.67. The van der Waals surface area contributed by atoms with Gasteiger partial charge in [0.15, 0.2) is 11.4 Å². The largest absolute Gasteiger partial charge is 0.507 e. The van der Waals surface area contributed by atoms with Crippen molar-refractivity contribution < 1.29 is 9.90 Å². The van der Waals surface area contributed by atoms with E-state index in [0.29, 0.717) is 11.2 Å². The normalized spacial score (nSPS) is 11.0. The minimum Gasteiger partial charge on any atom is -0.507 e. The van der Waals surface area contributed by atoms with Gasteiger partial charge >= 0.3 is 0 Å². The number of hydrogen-bond acceptors (Lipinski definition) is 4. The number of ketones is 1. The fraction of sp³-hybridized carbons (Fsp3) is 0.0385. The molecule has 150 valence electrons. The number of nitrogens with zero attached hydrogens (tertiary/aromatic N) is 3. The minimum atomic E-state index is -0.276. The SMILES string of the molecule is Cc1ccc(O)c(C(=O)c2cnc3c(c2)c(-c2ccccc2)nn3-c2ccccc2)c1. The molecule has 0 aliphatic carbocycles. The first kappa shape index (κ1) is 18.8. The van der Waals surface area contributed by atoms with Crippen LogP contribution in [0, 0.1) is 6.92 Å². The molecular weight excluding hydrogens is 386 g/mol. The minimum absolute atomic E-state index is 0.0426. The molecule has 2 heterocycles. The van der Waals surface area contributed by atoms with E-state index in [-0.39, 0.29) is 17.1 Å². The number of aromatic nitrogens is 3. The van der Waals surface area contributed by atoms with Gasteiger partial charge in [-0.3, -0.25) is 4.79 Å². The van der Waals surface area contributed by atoms with Gasteiger partial charge in [-0.25, -0.2) is 9.67 Å². The average molecular weight is 405 g/mol. The lowest BCUT2D eigenvalue weighted by Gasteiger charge is -2.06. The van der Waals surface area contributed by atoms with E-state index in [2.05, 4.69) is 4.98 Å². The van der Waals surface area contributed by atoms with Crippen molar-refractivity contribution in [2.75, 3.05) is 0 Å². The molecule has 0 amide bonds. The first-order valence-corrected chi connectivity index (χ1v) is 9.96. The molecular formula is C26H19N3O2. The second kappa shape index (κ2) is 7.54. The van der Waals surface area contributed by atoms with Gasteiger partial charge in [-0.15, -0.1) is 0 Å². The van der Waals surface area contributed by atoms with Crippen LogP contribution in [0.1, 0.15) is 21.5 Å². The van der Waals surface area contributed by atoms with E-state index in [4.69, 9.17) is 5.10 Å². The Hall–Kier alpha value is -4.25. The third-order valence-electron chi connectivity index (χ3n) is 5.23. The zero-order valence-corrected chi connectivity index (χ0v) is 16.9. The third kappa shape index (κ3) is 3.36. The van der Waals surface area contributed by atoms with Crippen molar-refractivity contribution >= 4 is 16.8 Å². The molecule has 31 heavy (non-hydrogen) atoms. The van der Waals surface area contributed by atoms with Crippen LogP contribution in [0.25, 0.3) is 28.0 Å². The first-order chi connectivity index (χ1) is 15.1. The van der Waals surface area contributed by atoms with Crippen LogP contribution >= 0.6 is 0 Å². The number of benzene rings is 3. The Balaban J connectivity index is 1.72. The smallest absolute Gasteiger partial charge is 0.198 e. The first-order valence-electron chi connectivity index (χ1n) is 9.96. The molecule has 5 aromatic rings. The van der Waals surface area contributed by atoms with Crippen molar-refractivity contribution in [2.24, 2.45) is 0 Å². The summed E-state index contributed by atoms with van der Waals surface area (Å²) in [6, 6.07) is 26.4. The number of hydrogen-bond donors (Lipinski definition) is 1. The molecule has 0 radical (unpaired) electrons. The van der Waals surface area contributed by atoms with Gasteiger partial charge in [0, 0.05) is 22.7 Å². The summed E-state index contributed by atoms with van der Waals surface area (Å²) >= 11 is 0. The molecule has 0 saturated carbocycles. The van der Waals surface area contributed by atoms with Crippen molar-refractivity contribution in [3.05, 3.63) is 108 Å². The molecule has 0 bridgehead atoms. The summed E-state index contributed by atoms with van der Waals surface area (Å²) < 4.78 is 1.79. The summed E-state index contributed by atoms with van der Waals surface area (Å²) in [6.07, 6.45) is 1.54. The maximum Gasteiger partial charge on any atom is 0.198 e. The lowest BCUT2D eigenvalue weighted by atomic mass is 10.0. The summed E-state index contributed by atoms with van der Waals surface area (Å²) in [6.45, 7) is 1.88. The number of phenolic OH excluding ortho intramolecular Hbond substituents is 1. The van der Waals surface area contributed by atoms with E-state index in [1.807, 2.05) is 67.6 Å². The molecule has 0 saturated heterocycles. The molecule has 0 spiro atoms. The van der Waals surface area contributed by atoms with Gasteiger partial charge in [-0.2, -0.15) is 5.10 Å². The van der Waals surface area contributed by atoms with Crippen molar-refractivity contribution in [1.82, 2.24) is 14.8 Å². The molecule has 2 aromatic heterocycles. The Labute approximate surface area is 179 Å². The van der Waals surface area contributed by atoms with Crippen LogP contribution in [0.4, 0.5) is 0 Å². The second-order valence-electron chi connectivity index (χ2n) is 7.41. The van der Waals surface area contributed by atoms with Gasteiger partial charge in [0.05, 0.1) is 11.3 Å². The summed E-state index contributed by atoms with van der Waals surface area (Å²) in [4.78, 5) is 17.8. The number of rotatable bonds is 4. The van der Waals surface area contributed by atoms with E-state index in [1.54, 1.807) is 29.1 Å². The molecule has 0 unspecified atom stereocenters. The highest BCUT2D eigenvalue weighted by Crippen LogP contribution is 2.30. The van der Waals surface area contributed by atoms with E-state index >= 15 is 0 Å². The van der Waals surface area contributed by atoms with E-state index in [1.165, 1.54) is 6.07 Å². The van der Waals surface area contributed by atoms with Crippen molar-refractivity contribution in [3.63, 3.8) is 0 Å². The number of aryl methyl sites for hydroxylation is 1. The number of pyridine rings is 1. The Bertz CT molecular complexity index is 1410. The molecule has 0 aliphatic heterocycles. The van der Waals surface area contributed by atoms with Crippen molar-refractivity contribution in [1.29, 1.82) is 0 Å². The molecule has 3 aromatic carbocycles. The monoisotopic (exact) mass is 405 g/mol. The van der Waals surface area contributed by atoms with E-state index < -0.39 is 0 Å². The van der Waals surface area contributed by atoms with Gasteiger partial charge in [0.25, 0.3) is 0 Å². The molecule has 1 N–H and O–H groups in total. The quantitative estimate of drug-likeness (QED) is 0.410. The van der Waals surface area contributed by atoms with Crippen molar-refractivity contribution in [3.8, 4) is 22.7 Å². The number of fused-ring (bicyclic) bond motifs is 1. The maximum absolute atomic E-state index is 13.2. The molecule has 0 aliphatic rings. The summed E-state index contributed by atoms with van der Waals surface area (Å²) in [5, 5.41) is 15.8. The third-order valence-corrected chi connectivity index (χ3v) is 5.23. The average Bonchev–Trinajstić information content (AvgIpc) is 3.20. The molecule has 5 heteroatoms. The highest BCUT2D eigenvalue weighted by Gasteiger charge is 2.19. The summed E-state index contributed by atoms with van der Waals surface area (Å²) in [7, 11) is 0. The number of carbonyl (C=O) groups is 1. The number of aromatic hydroxyl groups is 1. The second-order valence-corrected chi connectivity index (χ2v) is 7.41. The maximum atomic E-state index is 13.2. The predicted octanol–water partition coefficient (Wildman–Crippen LogP) is 5.33. The Morgan fingerprint density at radius 3 is 2.35 bits per heavy atom. The highest BCUT2D eigenvalue weighted by atomic mass is 16.3. The molecule has 0 atom stereocenters. The van der Waals surface area contributed by atoms with E-state index in [0.717, 1.165) is 27.9 Å². The Kier molecular flexibility index (Phi) is 4.56.